The van der Waals surface area contributed by atoms with Crippen molar-refractivity contribution in [3.05, 3.63) is 46.5 Å². The van der Waals surface area contributed by atoms with Gasteiger partial charge in [0.15, 0.2) is 0 Å². The molecule has 0 spiro atoms. The van der Waals surface area contributed by atoms with Gasteiger partial charge in [0.25, 0.3) is 0 Å². The zero-order valence-corrected chi connectivity index (χ0v) is 17.7. The van der Waals surface area contributed by atoms with Gasteiger partial charge in [-0.1, -0.05) is 67.8 Å². The Labute approximate surface area is 153 Å². The van der Waals surface area contributed by atoms with Crippen molar-refractivity contribution >= 4 is 21.5 Å². The molecule has 1 aromatic rings. The van der Waals surface area contributed by atoms with Crippen LogP contribution in [0.3, 0.4) is 0 Å². The Morgan fingerprint density at radius 2 is 1.74 bits per heavy atom. The van der Waals surface area contributed by atoms with E-state index in [4.69, 9.17) is 4.74 Å². The Hall–Kier alpha value is -1.02. The maximum atomic E-state index is 5.79. The first-order valence-electron chi connectivity index (χ1n) is 8.60. The minimum absolute atomic E-state index is 0.782. The van der Waals surface area contributed by atoms with E-state index < -0.39 is 0 Å². The fourth-order valence-electron chi connectivity index (χ4n) is 1.50. The number of hydrogen-bond acceptors (Lipinski definition) is 1. The summed E-state index contributed by atoms with van der Waals surface area (Å²) in [6, 6.07) is 6.07. The molecule has 0 amide bonds. The number of ether oxygens (including phenoxy) is 1. The van der Waals surface area contributed by atoms with Crippen LogP contribution in [0.25, 0.3) is 5.57 Å². The molecule has 0 unspecified atom stereocenters. The van der Waals surface area contributed by atoms with Gasteiger partial charge < -0.3 is 4.74 Å². The van der Waals surface area contributed by atoms with E-state index in [9.17, 15) is 0 Å². The molecule has 2 heteroatoms. The molecule has 1 nitrogen and oxygen atoms in total. The largest absolute Gasteiger partial charge is 0.493 e. The zero-order chi connectivity index (χ0) is 18.3. The first-order chi connectivity index (χ1) is 10.9. The maximum absolute atomic E-state index is 5.79. The predicted octanol–water partition coefficient (Wildman–Crippen LogP) is 8.05. The molecule has 23 heavy (non-hydrogen) atoms. The average molecular weight is 383 g/mol. The molecule has 0 saturated heterocycles. The van der Waals surface area contributed by atoms with Crippen LogP contribution < -0.4 is 4.74 Å². The minimum atomic E-state index is 0.782. The fourth-order valence-corrected chi connectivity index (χ4v) is 1.84. The second-order valence-corrected chi connectivity index (χ2v) is 6.26. The third-order valence-electron chi connectivity index (χ3n) is 2.99. The summed E-state index contributed by atoms with van der Waals surface area (Å²) < 4.78 is 6.83. The van der Waals surface area contributed by atoms with Gasteiger partial charge in [0.05, 0.1) is 6.61 Å². The first kappa shape index (κ1) is 24.2. The first-order valence-corrected chi connectivity index (χ1v) is 9.39. The van der Waals surface area contributed by atoms with Crippen molar-refractivity contribution in [2.24, 2.45) is 0 Å². The summed E-state index contributed by atoms with van der Waals surface area (Å²) in [5, 5.41) is 0. The van der Waals surface area contributed by atoms with Crippen molar-refractivity contribution < 1.29 is 4.74 Å². The molecule has 0 N–H and O–H groups in total. The molecular weight excluding hydrogens is 348 g/mol. The lowest BCUT2D eigenvalue weighted by atomic mass is 10.1. The Bertz CT molecular complexity index is 457. The van der Waals surface area contributed by atoms with E-state index in [0.29, 0.717) is 0 Å². The van der Waals surface area contributed by atoms with Crippen LogP contribution in [0.5, 0.6) is 5.75 Å². The molecule has 0 saturated carbocycles. The smallest absolute Gasteiger partial charge is 0.127 e. The van der Waals surface area contributed by atoms with Crippen molar-refractivity contribution in [2.45, 2.75) is 67.7 Å². The van der Waals surface area contributed by atoms with Gasteiger partial charge in [0.2, 0.25) is 0 Å². The van der Waals surface area contributed by atoms with Crippen LogP contribution in [-0.4, -0.2) is 6.61 Å². The lowest BCUT2D eigenvalue weighted by Crippen LogP contribution is -1.99. The lowest BCUT2D eigenvalue weighted by molar-refractivity contribution is 0.305. The highest BCUT2D eigenvalue weighted by atomic mass is 79.9. The van der Waals surface area contributed by atoms with Crippen LogP contribution in [0.1, 0.15) is 73.3 Å². The van der Waals surface area contributed by atoms with Crippen LogP contribution in [-0.2, 0) is 0 Å². The molecule has 1 rings (SSSR count). The van der Waals surface area contributed by atoms with Gasteiger partial charge in [0.1, 0.15) is 5.75 Å². The molecule has 0 bridgehead atoms. The molecule has 0 aliphatic heterocycles. The number of benzene rings is 1. The normalized spacial score (nSPS) is 8.87. The van der Waals surface area contributed by atoms with Crippen LogP contribution in [0.2, 0.25) is 0 Å². The summed E-state index contributed by atoms with van der Waals surface area (Å²) >= 11 is 3.46. The molecule has 1 aromatic carbocycles. The van der Waals surface area contributed by atoms with Crippen LogP contribution in [0.4, 0.5) is 0 Å². The summed E-state index contributed by atoms with van der Waals surface area (Å²) in [4.78, 5) is 0. The number of hydrogen-bond donors (Lipinski definition) is 0. The standard InChI is InChI=1S/C14H19BrO.C5H10.C2H6/c1-4-5-6-9-16-14-10-12(15)7-8-13(14)11(2)3;1-4-5(2)3;1-2/h7-8,10H,2,4-6,9H2,1,3H3;4H,1-3H3;1-2H3. The number of rotatable bonds is 6. The van der Waals surface area contributed by atoms with Gasteiger partial charge >= 0.3 is 0 Å². The van der Waals surface area contributed by atoms with Crippen LogP contribution in [0.15, 0.2) is 40.9 Å². The number of halogens is 1. The molecule has 0 aliphatic rings. The van der Waals surface area contributed by atoms with E-state index in [1.165, 1.54) is 18.4 Å². The molecule has 0 aromatic heterocycles. The summed E-state index contributed by atoms with van der Waals surface area (Å²) in [6.45, 7) is 19.1. The molecular formula is C21H35BrO. The Morgan fingerprint density at radius 1 is 1.17 bits per heavy atom. The highest BCUT2D eigenvalue weighted by Crippen LogP contribution is 2.28. The van der Waals surface area contributed by atoms with E-state index >= 15 is 0 Å². The molecule has 0 radical (unpaired) electrons. The molecule has 132 valence electrons. The van der Waals surface area contributed by atoms with Crippen molar-refractivity contribution in [3.8, 4) is 5.75 Å². The summed E-state index contributed by atoms with van der Waals surface area (Å²) in [5.74, 6) is 0.929. The third-order valence-corrected chi connectivity index (χ3v) is 3.48. The van der Waals surface area contributed by atoms with Crippen molar-refractivity contribution in [1.82, 2.24) is 0 Å². The van der Waals surface area contributed by atoms with E-state index in [2.05, 4.69) is 49.4 Å². The fraction of sp³-hybridized carbons (Fsp3) is 0.524. The van der Waals surface area contributed by atoms with E-state index in [0.717, 1.165) is 34.4 Å². The zero-order valence-electron chi connectivity index (χ0n) is 16.1. The molecule has 0 heterocycles. The van der Waals surface area contributed by atoms with Gasteiger partial charge in [0, 0.05) is 10.0 Å². The van der Waals surface area contributed by atoms with Crippen molar-refractivity contribution in [1.29, 1.82) is 0 Å². The Morgan fingerprint density at radius 3 is 2.17 bits per heavy atom. The maximum Gasteiger partial charge on any atom is 0.127 e. The van der Waals surface area contributed by atoms with Crippen molar-refractivity contribution in [2.75, 3.05) is 6.61 Å². The second-order valence-electron chi connectivity index (χ2n) is 5.34. The molecule has 0 fully saturated rings. The van der Waals surface area contributed by atoms with Crippen molar-refractivity contribution in [3.63, 3.8) is 0 Å². The molecule has 0 atom stereocenters. The number of unbranched alkanes of at least 4 members (excludes halogenated alkanes) is 2. The average Bonchev–Trinajstić information content (AvgIpc) is 2.54. The van der Waals surface area contributed by atoms with Crippen LogP contribution >= 0.6 is 15.9 Å². The summed E-state index contributed by atoms with van der Waals surface area (Å²) in [6.07, 6.45) is 5.63. The third kappa shape index (κ3) is 13.1. The topological polar surface area (TPSA) is 9.23 Å². The summed E-state index contributed by atoms with van der Waals surface area (Å²) in [7, 11) is 0. The van der Waals surface area contributed by atoms with Gasteiger partial charge in [-0.15, -0.1) is 0 Å². The van der Waals surface area contributed by atoms with E-state index in [-0.39, 0.29) is 0 Å². The van der Waals surface area contributed by atoms with Gasteiger partial charge in [-0.25, -0.2) is 0 Å². The van der Waals surface area contributed by atoms with Crippen LogP contribution in [0, 0.1) is 0 Å². The number of allylic oxidation sites excluding steroid dienone is 3. The highest BCUT2D eigenvalue weighted by molar-refractivity contribution is 9.10. The Kier molecular flexibility index (Phi) is 16.7. The lowest BCUT2D eigenvalue weighted by Gasteiger charge is -2.11. The van der Waals surface area contributed by atoms with E-state index in [1.54, 1.807) is 0 Å². The Balaban J connectivity index is 0. The molecule has 0 aliphatic carbocycles. The van der Waals surface area contributed by atoms with Gasteiger partial charge in [-0.3, -0.25) is 0 Å². The highest BCUT2D eigenvalue weighted by Gasteiger charge is 2.05. The minimum Gasteiger partial charge on any atom is -0.493 e. The summed E-state index contributed by atoms with van der Waals surface area (Å²) in [5.41, 5.74) is 3.52. The predicted molar refractivity (Wildman–Crippen MR) is 110 cm³/mol. The monoisotopic (exact) mass is 382 g/mol. The van der Waals surface area contributed by atoms with Gasteiger partial charge in [-0.05, 0) is 57.9 Å². The quantitative estimate of drug-likeness (QED) is 0.357. The van der Waals surface area contributed by atoms with Gasteiger partial charge in [-0.2, -0.15) is 0 Å². The SMILES string of the molecule is C=C(C)c1ccc(Br)cc1OCCCCC.CC.CC=C(C)C. The second kappa shape index (κ2) is 15.9. The van der Waals surface area contributed by atoms with E-state index in [1.807, 2.05) is 45.9 Å².